The number of hydrogen-bond acceptors (Lipinski definition) is 8. The van der Waals surface area contributed by atoms with Gasteiger partial charge in [-0.15, -0.1) is 0 Å². The summed E-state index contributed by atoms with van der Waals surface area (Å²) in [4.78, 5) is 36.7. The Morgan fingerprint density at radius 2 is 1.75 bits per heavy atom. The number of benzene rings is 3. The van der Waals surface area contributed by atoms with Gasteiger partial charge in [-0.1, -0.05) is 23.8 Å². The SMILES string of the molecule is CCOc1cc(/C=N\NC(=O)C(=O)NCc2ccc3c(c2)OCO3)ccc1OCC(=O)Nc1ccc(C)cc1C. The van der Waals surface area contributed by atoms with Gasteiger partial charge in [0.05, 0.1) is 12.8 Å². The number of hydrogen-bond donors (Lipinski definition) is 3. The number of carbonyl (C=O) groups excluding carboxylic acids is 3. The average molecular weight is 547 g/mol. The summed E-state index contributed by atoms with van der Waals surface area (Å²) in [7, 11) is 0. The summed E-state index contributed by atoms with van der Waals surface area (Å²) in [6, 6.07) is 16.0. The van der Waals surface area contributed by atoms with Crippen molar-refractivity contribution in [2.24, 2.45) is 5.10 Å². The first kappa shape index (κ1) is 28.0. The van der Waals surface area contributed by atoms with E-state index in [9.17, 15) is 14.4 Å². The molecule has 3 amide bonds. The van der Waals surface area contributed by atoms with Crippen LogP contribution in [0, 0.1) is 13.8 Å². The van der Waals surface area contributed by atoms with E-state index >= 15 is 0 Å². The number of aryl methyl sites for hydroxylation is 2. The van der Waals surface area contributed by atoms with Crippen LogP contribution in [0.2, 0.25) is 0 Å². The van der Waals surface area contributed by atoms with Crippen molar-refractivity contribution in [1.29, 1.82) is 0 Å². The molecule has 208 valence electrons. The third kappa shape index (κ3) is 7.50. The summed E-state index contributed by atoms with van der Waals surface area (Å²) in [5.41, 5.74) is 6.32. The van der Waals surface area contributed by atoms with Gasteiger partial charge in [0, 0.05) is 12.2 Å². The standard InChI is InChI=1S/C29H30N4O7/c1-4-37-25-13-21(7-9-23(25)38-16-27(34)32-22-8-5-18(2)11-19(22)3)15-31-33-29(36)28(35)30-14-20-6-10-24-26(12-20)40-17-39-24/h5-13,15H,4,14,16-17H2,1-3H3,(H,30,35)(H,32,34)(H,33,36)/b31-15-. The number of fused-ring (bicyclic) bond motifs is 1. The van der Waals surface area contributed by atoms with E-state index in [1.807, 2.05) is 39.0 Å². The Labute approximate surface area is 231 Å². The van der Waals surface area contributed by atoms with Crippen molar-refractivity contribution >= 4 is 29.6 Å². The molecule has 1 aliphatic rings. The Morgan fingerprint density at radius 1 is 0.925 bits per heavy atom. The molecular formula is C29H30N4O7. The summed E-state index contributed by atoms with van der Waals surface area (Å²) in [5.74, 6) is -0.0681. The van der Waals surface area contributed by atoms with E-state index in [0.29, 0.717) is 35.2 Å². The van der Waals surface area contributed by atoms with Crippen LogP contribution in [0.3, 0.4) is 0 Å². The monoisotopic (exact) mass is 546 g/mol. The smallest absolute Gasteiger partial charge is 0.329 e. The van der Waals surface area contributed by atoms with Crippen molar-refractivity contribution in [1.82, 2.24) is 10.7 Å². The van der Waals surface area contributed by atoms with Crippen molar-refractivity contribution < 1.29 is 33.3 Å². The maximum Gasteiger partial charge on any atom is 0.329 e. The van der Waals surface area contributed by atoms with Gasteiger partial charge in [-0.05, 0) is 73.9 Å². The largest absolute Gasteiger partial charge is 0.490 e. The normalized spacial score (nSPS) is 11.7. The third-order valence-corrected chi connectivity index (χ3v) is 5.76. The highest BCUT2D eigenvalue weighted by atomic mass is 16.7. The zero-order valence-electron chi connectivity index (χ0n) is 22.4. The van der Waals surface area contributed by atoms with Gasteiger partial charge in [-0.25, -0.2) is 5.43 Å². The Hall–Kier alpha value is -5.06. The van der Waals surface area contributed by atoms with Crippen LogP contribution in [0.5, 0.6) is 23.0 Å². The summed E-state index contributed by atoms with van der Waals surface area (Å²) < 4.78 is 21.9. The van der Waals surface area contributed by atoms with Crippen molar-refractivity contribution in [2.45, 2.75) is 27.3 Å². The molecule has 0 saturated heterocycles. The first-order valence-corrected chi connectivity index (χ1v) is 12.6. The molecule has 11 nitrogen and oxygen atoms in total. The number of carbonyl (C=O) groups is 3. The molecule has 40 heavy (non-hydrogen) atoms. The lowest BCUT2D eigenvalue weighted by molar-refractivity contribution is -0.139. The lowest BCUT2D eigenvalue weighted by Gasteiger charge is -2.13. The molecule has 1 heterocycles. The van der Waals surface area contributed by atoms with Gasteiger partial charge in [-0.2, -0.15) is 5.10 Å². The van der Waals surface area contributed by atoms with Gasteiger partial charge in [0.2, 0.25) is 6.79 Å². The van der Waals surface area contributed by atoms with E-state index in [1.54, 1.807) is 36.4 Å². The predicted octanol–water partition coefficient (Wildman–Crippen LogP) is 3.21. The predicted molar refractivity (Wildman–Crippen MR) is 148 cm³/mol. The molecule has 0 saturated carbocycles. The Morgan fingerprint density at radius 3 is 2.55 bits per heavy atom. The minimum Gasteiger partial charge on any atom is -0.490 e. The fourth-order valence-corrected chi connectivity index (χ4v) is 3.81. The number of nitrogens with one attached hydrogen (secondary N) is 3. The zero-order chi connectivity index (χ0) is 28.5. The van der Waals surface area contributed by atoms with Crippen LogP contribution in [-0.2, 0) is 20.9 Å². The van der Waals surface area contributed by atoms with E-state index in [1.165, 1.54) is 6.21 Å². The maximum atomic E-state index is 12.4. The minimum atomic E-state index is -0.920. The first-order chi connectivity index (χ1) is 19.3. The van der Waals surface area contributed by atoms with Gasteiger partial charge in [0.1, 0.15) is 0 Å². The second-order valence-electron chi connectivity index (χ2n) is 8.86. The number of ether oxygens (including phenoxy) is 4. The third-order valence-electron chi connectivity index (χ3n) is 5.76. The molecular weight excluding hydrogens is 516 g/mol. The molecule has 0 spiro atoms. The lowest BCUT2D eigenvalue weighted by Crippen LogP contribution is -2.37. The Bertz CT molecular complexity index is 1440. The van der Waals surface area contributed by atoms with Gasteiger partial charge in [0.25, 0.3) is 5.91 Å². The van der Waals surface area contributed by atoms with Crippen molar-refractivity contribution in [3.8, 4) is 23.0 Å². The number of rotatable bonds is 10. The molecule has 4 rings (SSSR count). The second-order valence-corrected chi connectivity index (χ2v) is 8.86. The number of anilines is 1. The summed E-state index contributed by atoms with van der Waals surface area (Å²) in [5, 5.41) is 9.21. The van der Waals surface area contributed by atoms with Crippen molar-refractivity contribution in [3.05, 3.63) is 76.9 Å². The Kier molecular flexibility index (Phi) is 9.19. The molecule has 1 aliphatic heterocycles. The molecule has 0 atom stereocenters. The minimum absolute atomic E-state index is 0.133. The molecule has 3 N–H and O–H groups in total. The number of hydrazone groups is 1. The number of nitrogens with zero attached hydrogens (tertiary/aromatic N) is 1. The molecule has 0 aromatic heterocycles. The van der Waals surface area contributed by atoms with Crippen molar-refractivity contribution in [2.75, 3.05) is 25.3 Å². The van der Waals surface area contributed by atoms with Crippen LogP contribution in [0.25, 0.3) is 0 Å². The topological polar surface area (TPSA) is 137 Å². The highest BCUT2D eigenvalue weighted by Crippen LogP contribution is 2.32. The lowest BCUT2D eigenvalue weighted by atomic mass is 10.1. The average Bonchev–Trinajstić information content (AvgIpc) is 3.41. The molecule has 0 bridgehead atoms. The molecule has 0 unspecified atom stereocenters. The van der Waals surface area contributed by atoms with Crippen LogP contribution in [0.1, 0.15) is 29.2 Å². The molecule has 0 radical (unpaired) electrons. The molecule has 0 fully saturated rings. The van der Waals surface area contributed by atoms with E-state index < -0.39 is 11.8 Å². The van der Waals surface area contributed by atoms with Crippen LogP contribution in [-0.4, -0.2) is 43.9 Å². The fraction of sp³-hybridized carbons (Fsp3) is 0.241. The van der Waals surface area contributed by atoms with Crippen LogP contribution >= 0.6 is 0 Å². The van der Waals surface area contributed by atoms with Gasteiger partial charge < -0.3 is 29.6 Å². The van der Waals surface area contributed by atoms with Gasteiger partial charge in [-0.3, -0.25) is 14.4 Å². The van der Waals surface area contributed by atoms with Crippen molar-refractivity contribution in [3.63, 3.8) is 0 Å². The summed E-state index contributed by atoms with van der Waals surface area (Å²) in [6.07, 6.45) is 1.36. The highest BCUT2D eigenvalue weighted by molar-refractivity contribution is 6.35. The van der Waals surface area contributed by atoms with E-state index in [-0.39, 0.29) is 25.9 Å². The molecule has 11 heteroatoms. The summed E-state index contributed by atoms with van der Waals surface area (Å²) in [6.45, 7) is 6.17. The van der Waals surface area contributed by atoms with Gasteiger partial charge in [0.15, 0.2) is 29.6 Å². The first-order valence-electron chi connectivity index (χ1n) is 12.6. The molecule has 3 aromatic carbocycles. The Balaban J connectivity index is 1.27. The molecule has 0 aliphatic carbocycles. The zero-order valence-corrected chi connectivity index (χ0v) is 22.4. The number of amides is 3. The van der Waals surface area contributed by atoms with Crippen LogP contribution in [0.15, 0.2) is 59.7 Å². The van der Waals surface area contributed by atoms with E-state index in [4.69, 9.17) is 18.9 Å². The van der Waals surface area contributed by atoms with Crippen LogP contribution < -0.4 is 35.0 Å². The molecule has 3 aromatic rings. The highest BCUT2D eigenvalue weighted by Gasteiger charge is 2.16. The maximum absolute atomic E-state index is 12.4. The summed E-state index contributed by atoms with van der Waals surface area (Å²) >= 11 is 0. The van der Waals surface area contributed by atoms with Crippen LogP contribution in [0.4, 0.5) is 5.69 Å². The fourth-order valence-electron chi connectivity index (χ4n) is 3.81. The second kappa shape index (κ2) is 13.1. The van der Waals surface area contributed by atoms with E-state index in [0.717, 1.165) is 22.4 Å². The van der Waals surface area contributed by atoms with E-state index in [2.05, 4.69) is 21.2 Å². The quantitative estimate of drug-likeness (QED) is 0.202. The van der Waals surface area contributed by atoms with Gasteiger partial charge >= 0.3 is 11.8 Å².